The maximum Gasteiger partial charge on any atom is 0.143 e. The van der Waals surface area contributed by atoms with Gasteiger partial charge in [-0.3, -0.25) is 0 Å². The molecule has 0 saturated carbocycles. The number of aromatic nitrogens is 2. The molecular weight excluding hydrogens is 295 g/mol. The fourth-order valence-corrected chi connectivity index (χ4v) is 2.18. The molecule has 0 fully saturated rings. The first-order valence-corrected chi connectivity index (χ1v) is 7.07. The van der Waals surface area contributed by atoms with E-state index < -0.39 is 0 Å². The van der Waals surface area contributed by atoms with Crippen molar-refractivity contribution in [1.82, 2.24) is 9.97 Å². The predicted molar refractivity (Wildman–Crippen MR) is 84.8 cm³/mol. The van der Waals surface area contributed by atoms with Gasteiger partial charge in [-0.15, -0.1) is 0 Å². The van der Waals surface area contributed by atoms with Crippen molar-refractivity contribution in [3.63, 3.8) is 0 Å². The van der Waals surface area contributed by atoms with Gasteiger partial charge in [-0.25, -0.2) is 9.97 Å². The molecule has 3 nitrogen and oxygen atoms in total. The van der Waals surface area contributed by atoms with E-state index in [-0.39, 0.29) is 5.75 Å². The van der Waals surface area contributed by atoms with Gasteiger partial charge in [0.2, 0.25) is 0 Å². The highest BCUT2D eigenvalue weighted by Gasteiger charge is 2.10. The first kappa shape index (κ1) is 14.8. The van der Waals surface area contributed by atoms with E-state index in [0.717, 1.165) is 5.56 Å². The topological polar surface area (TPSA) is 46.0 Å². The average Bonchev–Trinajstić information content (AvgIpc) is 2.45. The smallest absolute Gasteiger partial charge is 0.143 e. The van der Waals surface area contributed by atoms with E-state index in [1.165, 1.54) is 0 Å². The maximum absolute atomic E-state index is 9.82. The molecule has 0 aliphatic heterocycles. The van der Waals surface area contributed by atoms with Crippen molar-refractivity contribution in [2.75, 3.05) is 0 Å². The lowest BCUT2D eigenvalue weighted by atomic mass is 10.1. The first-order valence-electron chi connectivity index (χ1n) is 6.31. The highest BCUT2D eigenvalue weighted by molar-refractivity contribution is 6.42. The molecule has 0 spiro atoms. The Morgan fingerprint density at radius 1 is 0.900 bits per heavy atom. The van der Waals surface area contributed by atoms with E-state index in [2.05, 4.69) is 9.97 Å². The monoisotopic (exact) mass is 308 g/mol. The summed E-state index contributed by atoms with van der Waals surface area (Å²) in [7, 11) is 0. The number of halogens is 2. The van der Waals surface area contributed by atoms with Gasteiger partial charge < -0.3 is 5.11 Å². The molecular formula is C15H14Cl2N2O. The molecule has 1 heterocycles. The van der Waals surface area contributed by atoms with Crippen LogP contribution in [0, 0.1) is 6.92 Å². The zero-order valence-corrected chi connectivity index (χ0v) is 12.9. The van der Waals surface area contributed by atoms with Gasteiger partial charge in [0, 0.05) is 0 Å². The maximum atomic E-state index is 9.82. The Hall–Kier alpha value is -1.58. The Morgan fingerprint density at radius 3 is 1.95 bits per heavy atom. The summed E-state index contributed by atoms with van der Waals surface area (Å²) in [5, 5.41) is 10.7. The zero-order valence-electron chi connectivity index (χ0n) is 11.4. The van der Waals surface area contributed by atoms with Gasteiger partial charge in [0.25, 0.3) is 0 Å². The normalized spacial score (nSPS) is 10.4. The minimum atomic E-state index is 0.107. The number of benzene rings is 2. The highest BCUT2D eigenvalue weighted by Crippen LogP contribution is 2.30. The van der Waals surface area contributed by atoms with Gasteiger partial charge in [0.05, 0.1) is 26.6 Å². The molecule has 0 amide bonds. The van der Waals surface area contributed by atoms with Crippen molar-refractivity contribution in [2.45, 2.75) is 20.8 Å². The van der Waals surface area contributed by atoms with Gasteiger partial charge in [-0.2, -0.15) is 0 Å². The number of aryl methyl sites for hydroxylation is 1. The SMILES string of the molecule is CC.Cc1ccc(O)c2nc3cc(Cl)c(Cl)cc3nc12. The summed E-state index contributed by atoms with van der Waals surface area (Å²) in [6, 6.07) is 6.73. The van der Waals surface area contributed by atoms with Crippen LogP contribution in [0.25, 0.3) is 22.1 Å². The van der Waals surface area contributed by atoms with E-state index >= 15 is 0 Å². The van der Waals surface area contributed by atoms with Crippen LogP contribution >= 0.6 is 23.2 Å². The van der Waals surface area contributed by atoms with Crippen LogP contribution in [0.5, 0.6) is 5.75 Å². The van der Waals surface area contributed by atoms with Crippen LogP contribution in [0.3, 0.4) is 0 Å². The highest BCUT2D eigenvalue weighted by atomic mass is 35.5. The second-order valence-electron chi connectivity index (χ2n) is 4.08. The standard InChI is InChI=1S/C13H8Cl2N2O.C2H6/c1-6-2-3-11(18)13-12(6)16-9-4-7(14)8(15)5-10(9)17-13;1-2/h2-5,18H,1H3;1-2H3. The van der Waals surface area contributed by atoms with Crippen LogP contribution in [0.4, 0.5) is 0 Å². The number of hydrogen-bond donors (Lipinski definition) is 1. The third kappa shape index (κ3) is 2.51. The van der Waals surface area contributed by atoms with E-state index in [1.54, 1.807) is 24.3 Å². The molecule has 3 aromatic rings. The van der Waals surface area contributed by atoms with Crippen molar-refractivity contribution in [2.24, 2.45) is 0 Å². The lowest BCUT2D eigenvalue weighted by Gasteiger charge is -2.06. The number of phenolic OH excluding ortho intramolecular Hbond substituents is 1. The van der Waals surface area contributed by atoms with Gasteiger partial charge in [0.1, 0.15) is 11.3 Å². The van der Waals surface area contributed by atoms with Crippen molar-refractivity contribution in [3.8, 4) is 5.75 Å². The Labute approximate surface area is 127 Å². The fourth-order valence-electron chi connectivity index (χ4n) is 1.87. The van der Waals surface area contributed by atoms with Crippen molar-refractivity contribution >= 4 is 45.3 Å². The van der Waals surface area contributed by atoms with E-state index in [0.29, 0.717) is 32.1 Å². The molecule has 5 heteroatoms. The quantitative estimate of drug-likeness (QED) is 0.585. The molecule has 0 aliphatic rings. The van der Waals surface area contributed by atoms with Crippen LogP contribution in [-0.2, 0) is 0 Å². The van der Waals surface area contributed by atoms with Crippen molar-refractivity contribution < 1.29 is 5.11 Å². The van der Waals surface area contributed by atoms with Crippen LogP contribution in [-0.4, -0.2) is 15.1 Å². The summed E-state index contributed by atoms with van der Waals surface area (Å²) in [5.41, 5.74) is 3.36. The van der Waals surface area contributed by atoms with Gasteiger partial charge in [0.15, 0.2) is 0 Å². The Bertz CT molecular complexity index is 722. The summed E-state index contributed by atoms with van der Waals surface area (Å²) >= 11 is 11.9. The third-order valence-corrected chi connectivity index (χ3v) is 3.54. The molecule has 3 rings (SSSR count). The molecule has 0 radical (unpaired) electrons. The molecule has 104 valence electrons. The number of fused-ring (bicyclic) bond motifs is 2. The minimum Gasteiger partial charge on any atom is -0.506 e. The average molecular weight is 309 g/mol. The molecule has 20 heavy (non-hydrogen) atoms. The Morgan fingerprint density at radius 2 is 1.40 bits per heavy atom. The molecule has 1 N–H and O–H groups in total. The number of rotatable bonds is 0. The molecule has 1 aromatic heterocycles. The number of nitrogens with zero attached hydrogens (tertiary/aromatic N) is 2. The van der Waals surface area contributed by atoms with Crippen LogP contribution < -0.4 is 0 Å². The molecule has 0 unspecified atom stereocenters. The van der Waals surface area contributed by atoms with Crippen LogP contribution in [0.1, 0.15) is 19.4 Å². The molecule has 0 bridgehead atoms. The lowest BCUT2D eigenvalue weighted by molar-refractivity contribution is 0.480. The predicted octanol–water partition coefficient (Wildman–Crippen LogP) is 5.13. The second kappa shape index (κ2) is 5.81. The van der Waals surface area contributed by atoms with E-state index in [9.17, 15) is 5.11 Å². The Kier molecular flexibility index (Phi) is 4.31. The lowest BCUT2D eigenvalue weighted by Crippen LogP contribution is -1.90. The summed E-state index contributed by atoms with van der Waals surface area (Å²) in [5.74, 6) is 0.107. The number of hydrogen-bond acceptors (Lipinski definition) is 3. The number of aromatic hydroxyl groups is 1. The van der Waals surface area contributed by atoms with Crippen LogP contribution in [0.2, 0.25) is 10.0 Å². The van der Waals surface area contributed by atoms with Crippen molar-refractivity contribution in [1.29, 1.82) is 0 Å². The molecule has 0 saturated heterocycles. The summed E-state index contributed by atoms with van der Waals surface area (Å²) < 4.78 is 0. The van der Waals surface area contributed by atoms with Gasteiger partial charge in [-0.05, 0) is 30.7 Å². The number of phenols is 1. The molecule has 2 aromatic carbocycles. The minimum absolute atomic E-state index is 0.107. The summed E-state index contributed by atoms with van der Waals surface area (Å²) in [4.78, 5) is 8.86. The largest absolute Gasteiger partial charge is 0.506 e. The van der Waals surface area contributed by atoms with Crippen LogP contribution in [0.15, 0.2) is 24.3 Å². The molecule has 0 aliphatic carbocycles. The molecule has 0 atom stereocenters. The summed E-state index contributed by atoms with van der Waals surface area (Å²) in [6.07, 6.45) is 0. The second-order valence-corrected chi connectivity index (χ2v) is 4.89. The first-order chi connectivity index (χ1) is 9.56. The van der Waals surface area contributed by atoms with Crippen molar-refractivity contribution in [3.05, 3.63) is 39.9 Å². The summed E-state index contributed by atoms with van der Waals surface area (Å²) in [6.45, 7) is 5.92. The van der Waals surface area contributed by atoms with E-state index in [1.807, 2.05) is 20.8 Å². The Balaban J connectivity index is 0.000000704. The van der Waals surface area contributed by atoms with E-state index in [4.69, 9.17) is 23.2 Å². The zero-order chi connectivity index (χ0) is 14.9. The van der Waals surface area contributed by atoms with Gasteiger partial charge in [-0.1, -0.05) is 43.1 Å². The van der Waals surface area contributed by atoms with Gasteiger partial charge >= 0.3 is 0 Å². The third-order valence-electron chi connectivity index (χ3n) is 2.81. The fraction of sp³-hybridized carbons (Fsp3) is 0.200.